The first-order valence-electron chi connectivity index (χ1n) is 6.68. The zero-order valence-corrected chi connectivity index (χ0v) is 10.3. The third-order valence-corrected chi connectivity index (χ3v) is 3.69. The highest BCUT2D eigenvalue weighted by molar-refractivity contribution is 5.82. The van der Waals surface area contributed by atoms with Crippen LogP contribution in [0.3, 0.4) is 0 Å². The molecular formula is C12H23N3O2. The summed E-state index contributed by atoms with van der Waals surface area (Å²) in [6, 6.07) is 0.334. The molecule has 5 nitrogen and oxygen atoms in total. The molecule has 0 aromatic rings. The summed E-state index contributed by atoms with van der Waals surface area (Å²) in [5.74, 6) is 0.204. The summed E-state index contributed by atoms with van der Waals surface area (Å²) in [7, 11) is 0. The van der Waals surface area contributed by atoms with Gasteiger partial charge in [-0.25, -0.2) is 0 Å². The van der Waals surface area contributed by atoms with Gasteiger partial charge in [0.25, 0.3) is 0 Å². The Morgan fingerprint density at radius 2 is 2.18 bits per heavy atom. The number of hydrogen-bond acceptors (Lipinski definition) is 4. The minimum absolute atomic E-state index is 0.0805. The summed E-state index contributed by atoms with van der Waals surface area (Å²) in [6.45, 7) is 3.37. The van der Waals surface area contributed by atoms with E-state index in [4.69, 9.17) is 5.11 Å². The molecule has 3 N–H and O–H groups in total. The van der Waals surface area contributed by atoms with Gasteiger partial charge in [-0.2, -0.15) is 0 Å². The van der Waals surface area contributed by atoms with Crippen molar-refractivity contribution >= 4 is 5.91 Å². The van der Waals surface area contributed by atoms with Gasteiger partial charge >= 0.3 is 0 Å². The maximum absolute atomic E-state index is 12.4. The number of nitrogens with one attached hydrogen (secondary N) is 2. The zero-order valence-electron chi connectivity index (χ0n) is 10.3. The normalized spacial score (nSPS) is 25.4. The lowest BCUT2D eigenvalue weighted by atomic mass is 9.90. The molecule has 0 radical (unpaired) electrons. The molecule has 5 heteroatoms. The Morgan fingerprint density at radius 3 is 2.71 bits per heavy atom. The number of rotatable bonds is 5. The number of carbonyl (C=O) groups is 1. The molecule has 1 saturated carbocycles. The molecule has 2 aliphatic rings. The summed E-state index contributed by atoms with van der Waals surface area (Å²) >= 11 is 0. The van der Waals surface area contributed by atoms with E-state index in [1.54, 1.807) is 0 Å². The van der Waals surface area contributed by atoms with Crippen molar-refractivity contribution in [1.29, 1.82) is 0 Å². The fourth-order valence-corrected chi connectivity index (χ4v) is 2.44. The van der Waals surface area contributed by atoms with Crippen LogP contribution in [0.4, 0.5) is 0 Å². The lowest BCUT2D eigenvalue weighted by molar-refractivity contribution is -0.138. The summed E-state index contributed by atoms with van der Waals surface area (Å²) in [6.07, 6.45) is 4.15. The van der Waals surface area contributed by atoms with E-state index in [1.807, 2.05) is 4.90 Å². The van der Waals surface area contributed by atoms with Gasteiger partial charge in [0, 0.05) is 38.8 Å². The predicted molar refractivity (Wildman–Crippen MR) is 65.7 cm³/mol. The van der Waals surface area contributed by atoms with Gasteiger partial charge in [0.2, 0.25) is 5.91 Å². The van der Waals surface area contributed by atoms with E-state index in [1.165, 1.54) is 6.42 Å². The number of hydrogen-bond donors (Lipinski definition) is 3. The Labute approximate surface area is 103 Å². The minimum Gasteiger partial charge on any atom is -0.396 e. The molecule has 0 aromatic carbocycles. The van der Waals surface area contributed by atoms with E-state index < -0.39 is 0 Å². The summed E-state index contributed by atoms with van der Waals surface area (Å²) < 4.78 is 0. The SMILES string of the molecule is O=C(C1CNCCN1)N(CCCO)C1CCC1. The van der Waals surface area contributed by atoms with Crippen LogP contribution >= 0.6 is 0 Å². The molecule has 2 fully saturated rings. The smallest absolute Gasteiger partial charge is 0.241 e. The van der Waals surface area contributed by atoms with Crippen molar-refractivity contribution in [2.45, 2.75) is 37.8 Å². The van der Waals surface area contributed by atoms with Crippen LogP contribution in [0.1, 0.15) is 25.7 Å². The third kappa shape index (κ3) is 3.18. The number of nitrogens with zero attached hydrogens (tertiary/aromatic N) is 1. The van der Waals surface area contributed by atoms with Crippen LogP contribution in [-0.4, -0.2) is 60.8 Å². The van der Waals surface area contributed by atoms with Crippen LogP contribution < -0.4 is 10.6 Å². The van der Waals surface area contributed by atoms with E-state index in [-0.39, 0.29) is 18.6 Å². The lowest BCUT2D eigenvalue weighted by Gasteiger charge is -2.40. The highest BCUT2D eigenvalue weighted by Crippen LogP contribution is 2.25. The second-order valence-corrected chi connectivity index (χ2v) is 4.90. The van der Waals surface area contributed by atoms with Crippen LogP contribution in [0.2, 0.25) is 0 Å². The quantitative estimate of drug-likeness (QED) is 0.596. The zero-order chi connectivity index (χ0) is 12.1. The second kappa shape index (κ2) is 6.33. The van der Waals surface area contributed by atoms with Crippen LogP contribution in [0.5, 0.6) is 0 Å². The molecular weight excluding hydrogens is 218 g/mol. The molecule has 1 amide bonds. The molecule has 0 bridgehead atoms. The fourth-order valence-electron chi connectivity index (χ4n) is 2.44. The fraction of sp³-hybridized carbons (Fsp3) is 0.917. The predicted octanol–water partition coefficient (Wildman–Crippen LogP) is -0.689. The topological polar surface area (TPSA) is 64.6 Å². The first-order chi connectivity index (χ1) is 8.33. The number of aliphatic hydroxyl groups is 1. The molecule has 0 spiro atoms. The Kier molecular flexibility index (Phi) is 4.76. The van der Waals surface area contributed by atoms with Gasteiger partial charge in [-0.1, -0.05) is 0 Å². The van der Waals surface area contributed by atoms with E-state index in [0.29, 0.717) is 19.0 Å². The van der Waals surface area contributed by atoms with E-state index in [2.05, 4.69) is 10.6 Å². The van der Waals surface area contributed by atoms with Gasteiger partial charge in [0.05, 0.1) is 6.04 Å². The number of amides is 1. The second-order valence-electron chi connectivity index (χ2n) is 4.90. The van der Waals surface area contributed by atoms with Crippen LogP contribution in [0.25, 0.3) is 0 Å². The van der Waals surface area contributed by atoms with E-state index in [9.17, 15) is 4.79 Å². The molecule has 1 saturated heterocycles. The van der Waals surface area contributed by atoms with Crippen molar-refractivity contribution < 1.29 is 9.90 Å². The van der Waals surface area contributed by atoms with E-state index in [0.717, 1.165) is 32.5 Å². The first kappa shape index (κ1) is 12.8. The molecule has 17 heavy (non-hydrogen) atoms. The Balaban J connectivity index is 1.90. The molecule has 98 valence electrons. The minimum atomic E-state index is -0.0805. The van der Waals surface area contributed by atoms with Gasteiger partial charge in [-0.3, -0.25) is 4.79 Å². The lowest BCUT2D eigenvalue weighted by Crippen LogP contribution is -2.59. The summed E-state index contributed by atoms with van der Waals surface area (Å²) in [5.41, 5.74) is 0. The maximum atomic E-state index is 12.4. The monoisotopic (exact) mass is 241 g/mol. The number of carbonyl (C=O) groups excluding carboxylic acids is 1. The molecule has 0 aromatic heterocycles. The van der Waals surface area contributed by atoms with Crippen LogP contribution in [-0.2, 0) is 4.79 Å². The summed E-state index contributed by atoms with van der Waals surface area (Å²) in [4.78, 5) is 14.4. The summed E-state index contributed by atoms with van der Waals surface area (Å²) in [5, 5.41) is 15.4. The van der Waals surface area contributed by atoms with Crippen molar-refractivity contribution in [1.82, 2.24) is 15.5 Å². The molecule has 1 aliphatic carbocycles. The van der Waals surface area contributed by atoms with Crippen molar-refractivity contribution in [3.8, 4) is 0 Å². The average molecular weight is 241 g/mol. The highest BCUT2D eigenvalue weighted by atomic mass is 16.3. The van der Waals surface area contributed by atoms with E-state index >= 15 is 0 Å². The first-order valence-corrected chi connectivity index (χ1v) is 6.68. The number of aliphatic hydroxyl groups excluding tert-OH is 1. The van der Waals surface area contributed by atoms with Gasteiger partial charge in [-0.15, -0.1) is 0 Å². The number of piperazine rings is 1. The van der Waals surface area contributed by atoms with Crippen molar-refractivity contribution in [3.63, 3.8) is 0 Å². The molecule has 1 atom stereocenters. The molecule has 1 unspecified atom stereocenters. The Morgan fingerprint density at radius 1 is 1.35 bits per heavy atom. The molecule has 1 heterocycles. The van der Waals surface area contributed by atoms with Gasteiger partial charge in [-0.05, 0) is 25.7 Å². The van der Waals surface area contributed by atoms with Crippen LogP contribution in [0, 0.1) is 0 Å². The standard InChI is InChI=1S/C12H23N3O2/c16-8-2-7-15(10-3-1-4-10)12(17)11-9-13-5-6-14-11/h10-11,13-14,16H,1-9H2. The Hall–Kier alpha value is -0.650. The van der Waals surface area contributed by atoms with Gasteiger partial charge in [0.1, 0.15) is 0 Å². The largest absolute Gasteiger partial charge is 0.396 e. The Bertz CT molecular complexity index is 250. The van der Waals surface area contributed by atoms with Crippen molar-refractivity contribution in [3.05, 3.63) is 0 Å². The average Bonchev–Trinajstić information content (AvgIpc) is 2.32. The maximum Gasteiger partial charge on any atom is 0.241 e. The molecule has 2 rings (SSSR count). The van der Waals surface area contributed by atoms with Crippen molar-refractivity contribution in [2.24, 2.45) is 0 Å². The third-order valence-electron chi connectivity index (χ3n) is 3.69. The molecule has 1 aliphatic heterocycles. The van der Waals surface area contributed by atoms with Gasteiger partial charge in [0.15, 0.2) is 0 Å². The van der Waals surface area contributed by atoms with Crippen molar-refractivity contribution in [2.75, 3.05) is 32.8 Å². The van der Waals surface area contributed by atoms with Gasteiger partial charge < -0.3 is 20.6 Å². The highest BCUT2D eigenvalue weighted by Gasteiger charge is 2.32. The van der Waals surface area contributed by atoms with Crippen LogP contribution in [0.15, 0.2) is 0 Å².